The summed E-state index contributed by atoms with van der Waals surface area (Å²) in [5, 5.41) is 13.5. The van der Waals surface area contributed by atoms with Crippen molar-refractivity contribution in [3.05, 3.63) is 94.7 Å². The zero-order valence-corrected chi connectivity index (χ0v) is 31.1. The van der Waals surface area contributed by atoms with Gasteiger partial charge in [0.1, 0.15) is 23.4 Å². The fraction of sp³-hybridized carbons (Fsp3) is 0.308. The minimum Gasteiger partial charge on any atom is -0.495 e. The Hall–Kier alpha value is -6.63. The maximum Gasteiger partial charge on any atom is 0.419 e. The molecule has 15 nitrogen and oxygen atoms in total. The van der Waals surface area contributed by atoms with Crippen LogP contribution in [-0.2, 0) is 22.3 Å². The minimum atomic E-state index is -4.80. The van der Waals surface area contributed by atoms with Crippen LogP contribution >= 0.6 is 0 Å². The van der Waals surface area contributed by atoms with Crippen LogP contribution < -0.4 is 36.2 Å². The van der Waals surface area contributed by atoms with Gasteiger partial charge in [-0.1, -0.05) is 0 Å². The summed E-state index contributed by atoms with van der Waals surface area (Å²) in [5.41, 5.74) is 0.0784. The number of methoxy groups -OCH3 is 1. The summed E-state index contributed by atoms with van der Waals surface area (Å²) >= 11 is 0. The van der Waals surface area contributed by atoms with Crippen LogP contribution in [0.15, 0.2) is 61.1 Å². The maximum absolute atomic E-state index is 15.5. The molecule has 7 rings (SSSR count). The number of carbonyl (C=O) groups excluding carboxylic acids is 5. The number of halogens is 4. The topological polar surface area (TPSA) is 187 Å². The van der Waals surface area contributed by atoms with E-state index in [4.69, 9.17) is 4.74 Å². The molecule has 3 aliphatic rings. The van der Waals surface area contributed by atoms with Gasteiger partial charge in [-0.25, -0.2) is 9.37 Å². The van der Waals surface area contributed by atoms with Crippen LogP contribution in [0.1, 0.15) is 67.9 Å². The van der Waals surface area contributed by atoms with Gasteiger partial charge in [0, 0.05) is 74.9 Å². The predicted molar refractivity (Wildman–Crippen MR) is 202 cm³/mol. The highest BCUT2D eigenvalue weighted by Gasteiger charge is 2.45. The van der Waals surface area contributed by atoms with Crippen LogP contribution in [0.4, 0.5) is 46.1 Å². The first-order valence-corrected chi connectivity index (χ1v) is 18.2. The number of ether oxygens (including phenoxy) is 1. The number of nitrogens with zero attached hydrogens (tertiary/aromatic N) is 4. The zero-order chi connectivity index (χ0) is 41.3. The first-order chi connectivity index (χ1) is 27.7. The maximum atomic E-state index is 15.5. The van der Waals surface area contributed by atoms with E-state index in [1.807, 2.05) is 0 Å². The second-order valence-corrected chi connectivity index (χ2v) is 13.8. The van der Waals surface area contributed by atoms with Crippen LogP contribution in [0.25, 0.3) is 0 Å². The number of imide groups is 2. The molecule has 4 aromatic rings. The molecule has 302 valence electrons. The number of amides is 5. The number of fused-ring (bicyclic) bond motifs is 1. The van der Waals surface area contributed by atoms with Crippen molar-refractivity contribution in [2.75, 3.05) is 42.8 Å². The van der Waals surface area contributed by atoms with Gasteiger partial charge in [0.05, 0.1) is 52.6 Å². The molecule has 5 N–H and O–H groups in total. The third-order valence-electron chi connectivity index (χ3n) is 10.3. The van der Waals surface area contributed by atoms with Crippen molar-refractivity contribution in [1.29, 1.82) is 0 Å². The van der Waals surface area contributed by atoms with Crippen molar-refractivity contribution < 1.29 is 46.3 Å². The van der Waals surface area contributed by atoms with Crippen molar-refractivity contribution in [2.45, 2.75) is 50.5 Å². The highest BCUT2D eigenvalue weighted by Crippen LogP contribution is 2.39. The molecule has 0 aliphatic carbocycles. The van der Waals surface area contributed by atoms with Crippen LogP contribution in [0.3, 0.4) is 0 Å². The van der Waals surface area contributed by atoms with E-state index in [-0.39, 0.29) is 70.6 Å². The Morgan fingerprint density at radius 2 is 1.69 bits per heavy atom. The molecule has 0 bridgehead atoms. The summed E-state index contributed by atoms with van der Waals surface area (Å²) in [4.78, 5) is 73.6. The quantitative estimate of drug-likeness (QED) is 0.105. The lowest BCUT2D eigenvalue weighted by Crippen LogP contribution is -2.54. The molecule has 58 heavy (non-hydrogen) atoms. The second-order valence-electron chi connectivity index (χ2n) is 13.8. The summed E-state index contributed by atoms with van der Waals surface area (Å²) in [5.74, 6) is -3.28. The standard InChI is InChI=1S/C39H37F4N9O6/c1-44-35(54)24-7-10-45-19-30(24)48-28-16-33(47-18-26(28)39(41,42)43)49-29-15-27(40)20(13-32(29)58-2)17-46-21-8-11-51(12-9-21)22-3-4-23-25(14-22)38(57)52(37(23)56)31-5-6-34(53)50-36(31)55/h3-4,7,10,13-16,18-19,21,31,46H,5-6,8-9,11-12,17H2,1-2H3,(H,44,54)(H2,47,48,49)(H,50,53,55). The molecule has 2 aromatic heterocycles. The van der Waals surface area contributed by atoms with Gasteiger partial charge in [-0.2, -0.15) is 13.2 Å². The number of nitrogens with one attached hydrogen (secondary N) is 5. The molecular formula is C39H37F4N9O6. The van der Waals surface area contributed by atoms with Crippen molar-refractivity contribution in [3.8, 4) is 5.75 Å². The molecule has 2 fully saturated rings. The smallest absolute Gasteiger partial charge is 0.419 e. The molecule has 0 spiro atoms. The number of benzene rings is 2. The minimum absolute atomic E-state index is 0.00565. The molecule has 5 heterocycles. The van der Waals surface area contributed by atoms with Gasteiger partial charge >= 0.3 is 6.18 Å². The summed E-state index contributed by atoms with van der Waals surface area (Å²) in [7, 11) is 2.76. The normalized spacial score (nSPS) is 17.2. The lowest BCUT2D eigenvalue weighted by Gasteiger charge is -2.34. The Balaban J connectivity index is 0.989. The monoisotopic (exact) mass is 803 g/mol. The SMILES string of the molecule is CNC(=O)c1ccncc1Nc1cc(Nc2cc(F)c(CNC3CCN(c4ccc5c(c4)C(=O)N(C4CCC(=O)NC4=O)C5=O)CC3)cc2OC)ncc1C(F)(F)F. The van der Waals surface area contributed by atoms with Crippen molar-refractivity contribution >= 4 is 58.1 Å². The summed E-state index contributed by atoms with van der Waals surface area (Å²) in [6, 6.07) is 9.01. The first-order valence-electron chi connectivity index (χ1n) is 18.2. The number of aromatic nitrogens is 2. The van der Waals surface area contributed by atoms with Crippen molar-refractivity contribution in [3.63, 3.8) is 0 Å². The molecule has 2 saturated heterocycles. The molecule has 1 unspecified atom stereocenters. The molecule has 3 aliphatic heterocycles. The van der Waals surface area contributed by atoms with Gasteiger partial charge in [0.2, 0.25) is 11.8 Å². The molecular weight excluding hydrogens is 766 g/mol. The Morgan fingerprint density at radius 1 is 0.931 bits per heavy atom. The molecule has 0 saturated carbocycles. The van der Waals surface area contributed by atoms with Crippen LogP contribution in [0.2, 0.25) is 0 Å². The van der Waals surface area contributed by atoms with Gasteiger partial charge in [0.25, 0.3) is 17.7 Å². The largest absolute Gasteiger partial charge is 0.495 e. The molecule has 1 atom stereocenters. The lowest BCUT2D eigenvalue weighted by molar-refractivity contribution is -0.137. The number of piperidine rings is 2. The van der Waals surface area contributed by atoms with Gasteiger partial charge in [-0.05, 0) is 49.6 Å². The summed E-state index contributed by atoms with van der Waals surface area (Å²) < 4.78 is 63.0. The van der Waals surface area contributed by atoms with Gasteiger partial charge in [-0.15, -0.1) is 0 Å². The van der Waals surface area contributed by atoms with E-state index < -0.39 is 58.8 Å². The number of hydrogen-bond acceptors (Lipinski definition) is 12. The Labute approximate surface area is 328 Å². The number of anilines is 5. The van der Waals surface area contributed by atoms with Crippen molar-refractivity contribution in [2.24, 2.45) is 0 Å². The third kappa shape index (κ3) is 7.97. The van der Waals surface area contributed by atoms with Crippen LogP contribution in [0.5, 0.6) is 5.75 Å². The van der Waals surface area contributed by atoms with Gasteiger partial charge in [-0.3, -0.25) is 39.2 Å². The van der Waals surface area contributed by atoms with Gasteiger partial charge < -0.3 is 30.9 Å². The van der Waals surface area contributed by atoms with E-state index >= 15 is 4.39 Å². The highest BCUT2D eigenvalue weighted by molar-refractivity contribution is 6.23. The van der Waals surface area contributed by atoms with E-state index in [2.05, 4.69) is 41.5 Å². The lowest BCUT2D eigenvalue weighted by atomic mass is 10.0. The summed E-state index contributed by atoms with van der Waals surface area (Å²) in [6.07, 6.45) is -0.191. The Bertz CT molecular complexity index is 2320. The predicted octanol–water partition coefficient (Wildman–Crippen LogP) is 4.65. The van der Waals surface area contributed by atoms with E-state index in [0.29, 0.717) is 32.1 Å². The zero-order valence-electron chi connectivity index (χ0n) is 31.1. The van der Waals surface area contributed by atoms with Crippen molar-refractivity contribution in [1.82, 2.24) is 30.8 Å². The van der Waals surface area contributed by atoms with E-state index in [0.717, 1.165) is 22.7 Å². The first kappa shape index (κ1) is 39.6. The number of hydrogen-bond donors (Lipinski definition) is 5. The average molecular weight is 804 g/mol. The molecule has 5 amide bonds. The fourth-order valence-electron chi connectivity index (χ4n) is 7.21. The number of carbonyl (C=O) groups is 5. The number of pyridine rings is 2. The second kappa shape index (κ2) is 16.1. The summed E-state index contributed by atoms with van der Waals surface area (Å²) in [6.45, 7) is 1.33. The van der Waals surface area contributed by atoms with Crippen LogP contribution in [-0.4, -0.2) is 83.7 Å². The fourth-order valence-corrected chi connectivity index (χ4v) is 7.21. The van der Waals surface area contributed by atoms with E-state index in [1.165, 1.54) is 38.7 Å². The van der Waals surface area contributed by atoms with E-state index in [9.17, 15) is 37.1 Å². The Kier molecular flexibility index (Phi) is 11.0. The van der Waals surface area contributed by atoms with Crippen LogP contribution in [0, 0.1) is 5.82 Å². The average Bonchev–Trinajstić information content (AvgIpc) is 3.45. The third-order valence-corrected chi connectivity index (χ3v) is 10.3. The number of rotatable bonds is 11. The Morgan fingerprint density at radius 3 is 2.40 bits per heavy atom. The van der Waals surface area contributed by atoms with E-state index in [1.54, 1.807) is 18.2 Å². The highest BCUT2D eigenvalue weighted by atomic mass is 19.4. The molecule has 2 aromatic carbocycles. The van der Waals surface area contributed by atoms with Gasteiger partial charge in [0.15, 0.2) is 0 Å². The molecule has 0 radical (unpaired) electrons. The number of alkyl halides is 3. The molecule has 19 heteroatoms.